The first-order valence-corrected chi connectivity index (χ1v) is 5.68. The Morgan fingerprint density at radius 2 is 2.00 bits per heavy atom. The number of hydrogen-bond acceptors (Lipinski definition) is 2. The number of carboxylic acids is 1. The van der Waals surface area contributed by atoms with E-state index in [4.69, 9.17) is 11.5 Å². The lowest BCUT2D eigenvalue weighted by molar-refractivity contribution is -0.138. The molecule has 17 heavy (non-hydrogen) atoms. The molecule has 2 amide bonds. The zero-order valence-corrected chi connectivity index (χ0v) is 10.6. The molecule has 0 aromatic heterocycles. The van der Waals surface area contributed by atoms with Crippen molar-refractivity contribution in [2.24, 2.45) is 0 Å². The molecule has 0 aromatic carbocycles. The molecule has 0 aliphatic carbocycles. The summed E-state index contributed by atoms with van der Waals surface area (Å²) < 4.78 is 0. The van der Waals surface area contributed by atoms with E-state index in [1.165, 1.54) is 9.80 Å². The molecular weight excluding hydrogens is 220 g/mol. The van der Waals surface area contributed by atoms with Crippen LogP contribution in [-0.4, -0.2) is 52.6 Å². The summed E-state index contributed by atoms with van der Waals surface area (Å²) in [6.45, 7) is 5.91. The van der Waals surface area contributed by atoms with Crippen LogP contribution in [-0.2, 0) is 4.79 Å². The van der Waals surface area contributed by atoms with Crippen LogP contribution in [0.1, 0.15) is 27.2 Å². The Balaban J connectivity index is 4.84. The van der Waals surface area contributed by atoms with E-state index in [9.17, 15) is 9.59 Å². The fourth-order valence-corrected chi connectivity index (χ4v) is 1.38. The molecule has 1 unspecified atom stereocenters. The molecule has 5 heteroatoms. The SMILES string of the molecule is C#CCN(CC)C(=O)N(CC(=O)O)C(C)CC. The van der Waals surface area contributed by atoms with Crippen LogP contribution in [0.5, 0.6) is 0 Å². The Labute approximate surface area is 102 Å². The van der Waals surface area contributed by atoms with Crippen molar-refractivity contribution in [3.63, 3.8) is 0 Å². The molecule has 0 rings (SSSR count). The maximum atomic E-state index is 12.1. The predicted molar refractivity (Wildman–Crippen MR) is 65.6 cm³/mol. The molecule has 0 saturated heterocycles. The summed E-state index contributed by atoms with van der Waals surface area (Å²) in [4.78, 5) is 25.6. The van der Waals surface area contributed by atoms with Gasteiger partial charge in [-0.25, -0.2) is 4.79 Å². The highest BCUT2D eigenvalue weighted by Gasteiger charge is 2.25. The number of hydrogen-bond donors (Lipinski definition) is 1. The predicted octanol–water partition coefficient (Wildman–Crippen LogP) is 1.25. The van der Waals surface area contributed by atoms with E-state index in [0.29, 0.717) is 13.0 Å². The molecule has 1 atom stereocenters. The van der Waals surface area contributed by atoms with Crippen LogP contribution in [0.3, 0.4) is 0 Å². The molecule has 0 bridgehead atoms. The zero-order valence-electron chi connectivity index (χ0n) is 10.6. The first-order valence-electron chi connectivity index (χ1n) is 5.68. The van der Waals surface area contributed by atoms with Crippen molar-refractivity contribution in [1.82, 2.24) is 9.80 Å². The van der Waals surface area contributed by atoms with E-state index in [2.05, 4.69) is 5.92 Å². The topological polar surface area (TPSA) is 60.9 Å². The lowest BCUT2D eigenvalue weighted by Crippen LogP contribution is -2.49. The van der Waals surface area contributed by atoms with Gasteiger partial charge in [-0.3, -0.25) is 4.79 Å². The Kier molecular flexibility index (Phi) is 6.80. The Hall–Kier alpha value is -1.70. The molecule has 0 spiro atoms. The lowest BCUT2D eigenvalue weighted by atomic mass is 10.2. The van der Waals surface area contributed by atoms with E-state index in [1.807, 2.05) is 20.8 Å². The average Bonchev–Trinajstić information content (AvgIpc) is 2.31. The van der Waals surface area contributed by atoms with Crippen LogP contribution in [0.2, 0.25) is 0 Å². The quantitative estimate of drug-likeness (QED) is 0.711. The minimum absolute atomic E-state index is 0.120. The van der Waals surface area contributed by atoms with Crippen LogP contribution in [0.25, 0.3) is 0 Å². The van der Waals surface area contributed by atoms with Crippen molar-refractivity contribution in [2.45, 2.75) is 33.2 Å². The third-order valence-corrected chi connectivity index (χ3v) is 2.61. The van der Waals surface area contributed by atoms with Crippen LogP contribution in [0.4, 0.5) is 4.79 Å². The van der Waals surface area contributed by atoms with Crippen molar-refractivity contribution in [3.05, 3.63) is 0 Å². The van der Waals surface area contributed by atoms with Gasteiger partial charge >= 0.3 is 12.0 Å². The number of carboxylic acid groups (broad SMARTS) is 1. The highest BCUT2D eigenvalue weighted by molar-refractivity contribution is 5.80. The zero-order chi connectivity index (χ0) is 13.4. The molecule has 5 nitrogen and oxygen atoms in total. The van der Waals surface area contributed by atoms with E-state index < -0.39 is 5.97 Å². The minimum atomic E-state index is -1.02. The second-order valence-corrected chi connectivity index (χ2v) is 3.78. The standard InChI is InChI=1S/C12H20N2O3/c1-5-8-13(7-3)12(17)14(9-11(15)16)10(4)6-2/h1,10H,6-9H2,2-4H3,(H,15,16). The van der Waals surface area contributed by atoms with Gasteiger partial charge in [0.05, 0.1) is 6.54 Å². The van der Waals surface area contributed by atoms with Gasteiger partial charge in [0.2, 0.25) is 0 Å². The number of aliphatic carboxylic acids is 1. The number of urea groups is 1. The summed E-state index contributed by atoms with van der Waals surface area (Å²) in [7, 11) is 0. The highest BCUT2D eigenvalue weighted by Crippen LogP contribution is 2.07. The highest BCUT2D eigenvalue weighted by atomic mass is 16.4. The van der Waals surface area contributed by atoms with E-state index in [0.717, 1.165) is 0 Å². The maximum Gasteiger partial charge on any atom is 0.323 e. The van der Waals surface area contributed by atoms with E-state index >= 15 is 0 Å². The van der Waals surface area contributed by atoms with Gasteiger partial charge in [-0.05, 0) is 20.3 Å². The Bertz CT molecular complexity index is 309. The summed E-state index contributed by atoms with van der Waals surface area (Å²) in [6.07, 6.45) is 5.88. The largest absolute Gasteiger partial charge is 0.480 e. The van der Waals surface area contributed by atoms with Gasteiger partial charge in [-0.2, -0.15) is 0 Å². The molecule has 0 fully saturated rings. The molecule has 0 radical (unpaired) electrons. The van der Waals surface area contributed by atoms with Gasteiger partial charge in [0.15, 0.2) is 0 Å². The normalized spacial score (nSPS) is 11.4. The molecule has 0 aliphatic rings. The second kappa shape index (κ2) is 7.55. The summed E-state index contributed by atoms with van der Waals surface area (Å²) in [5, 5.41) is 8.81. The van der Waals surface area contributed by atoms with Gasteiger partial charge < -0.3 is 14.9 Å². The van der Waals surface area contributed by atoms with Gasteiger partial charge in [-0.15, -0.1) is 6.42 Å². The van der Waals surface area contributed by atoms with Crippen molar-refractivity contribution in [1.29, 1.82) is 0 Å². The summed E-state index contributed by atoms with van der Waals surface area (Å²) in [5.41, 5.74) is 0. The molecule has 0 saturated carbocycles. The minimum Gasteiger partial charge on any atom is -0.480 e. The van der Waals surface area contributed by atoms with Crippen LogP contribution >= 0.6 is 0 Å². The number of carbonyl (C=O) groups is 2. The molecule has 1 N–H and O–H groups in total. The summed E-state index contributed by atoms with van der Waals surface area (Å²) in [6, 6.07) is -0.437. The first kappa shape index (κ1) is 15.3. The fraction of sp³-hybridized carbons (Fsp3) is 0.667. The van der Waals surface area contributed by atoms with E-state index in [-0.39, 0.29) is 25.2 Å². The molecule has 0 heterocycles. The van der Waals surface area contributed by atoms with Crippen molar-refractivity contribution >= 4 is 12.0 Å². The second-order valence-electron chi connectivity index (χ2n) is 3.78. The van der Waals surface area contributed by atoms with Crippen LogP contribution in [0.15, 0.2) is 0 Å². The Morgan fingerprint density at radius 3 is 2.35 bits per heavy atom. The molecule has 0 aromatic rings. The molecular formula is C12H20N2O3. The third kappa shape index (κ3) is 4.77. The molecule has 0 aliphatic heterocycles. The monoisotopic (exact) mass is 240 g/mol. The van der Waals surface area contributed by atoms with Crippen molar-refractivity contribution < 1.29 is 14.7 Å². The Morgan fingerprint density at radius 1 is 1.41 bits per heavy atom. The lowest BCUT2D eigenvalue weighted by Gasteiger charge is -2.31. The maximum absolute atomic E-state index is 12.1. The number of nitrogens with zero attached hydrogens (tertiary/aromatic N) is 2. The third-order valence-electron chi connectivity index (χ3n) is 2.61. The molecule has 96 valence electrons. The van der Waals surface area contributed by atoms with Gasteiger partial charge in [-0.1, -0.05) is 12.8 Å². The summed E-state index contributed by atoms with van der Waals surface area (Å²) in [5.74, 6) is 1.38. The number of amides is 2. The fourth-order valence-electron chi connectivity index (χ4n) is 1.38. The van der Waals surface area contributed by atoms with Gasteiger partial charge in [0.25, 0.3) is 0 Å². The van der Waals surface area contributed by atoms with Crippen molar-refractivity contribution in [3.8, 4) is 12.3 Å². The smallest absolute Gasteiger partial charge is 0.323 e. The summed E-state index contributed by atoms with van der Waals surface area (Å²) >= 11 is 0. The van der Waals surface area contributed by atoms with Crippen molar-refractivity contribution in [2.75, 3.05) is 19.6 Å². The number of rotatable bonds is 6. The number of terminal acetylenes is 1. The van der Waals surface area contributed by atoms with Gasteiger partial charge in [0, 0.05) is 12.6 Å². The van der Waals surface area contributed by atoms with Gasteiger partial charge in [0.1, 0.15) is 6.54 Å². The first-order chi connectivity index (χ1) is 7.97. The van der Waals surface area contributed by atoms with Crippen LogP contribution < -0.4 is 0 Å². The van der Waals surface area contributed by atoms with Crippen LogP contribution in [0, 0.1) is 12.3 Å². The van der Waals surface area contributed by atoms with E-state index in [1.54, 1.807) is 0 Å². The number of carbonyl (C=O) groups excluding carboxylic acids is 1. The average molecular weight is 240 g/mol.